The summed E-state index contributed by atoms with van der Waals surface area (Å²) in [5.74, 6) is 0.813. The number of nitrogens with zero attached hydrogens (tertiary/aromatic N) is 4. The van der Waals surface area contributed by atoms with E-state index in [2.05, 4.69) is 113 Å². The number of rotatable bonds is 4. The van der Waals surface area contributed by atoms with E-state index < -0.39 is 0 Å². The highest BCUT2D eigenvalue weighted by molar-refractivity contribution is 5.60. The van der Waals surface area contributed by atoms with Gasteiger partial charge in [-0.1, -0.05) is 85.7 Å². The quantitative estimate of drug-likeness (QED) is 0.391. The predicted octanol–water partition coefficient (Wildman–Crippen LogP) is 7.71. The number of allylic oxidation sites excluding steroid dienone is 10. The van der Waals surface area contributed by atoms with E-state index in [0.29, 0.717) is 30.5 Å². The lowest BCUT2D eigenvalue weighted by molar-refractivity contribution is 0.0346. The molecule has 0 aromatic heterocycles. The molecule has 41 heavy (non-hydrogen) atoms. The molecule has 0 radical (unpaired) electrons. The van der Waals surface area contributed by atoms with Gasteiger partial charge < -0.3 is 9.80 Å². The van der Waals surface area contributed by atoms with Gasteiger partial charge in [0.25, 0.3) is 0 Å². The monoisotopic (exact) mass is 542 g/mol. The second-order valence-corrected chi connectivity index (χ2v) is 12.8. The maximum atomic E-state index is 9.73. The summed E-state index contributed by atoms with van der Waals surface area (Å²) < 4.78 is 0. The molecule has 0 spiro atoms. The van der Waals surface area contributed by atoms with Crippen LogP contribution in [-0.2, 0) is 0 Å². The number of aliphatic imine (C=N–C) groups is 1. The van der Waals surface area contributed by atoms with Crippen LogP contribution in [0.1, 0.15) is 58.3 Å². The van der Waals surface area contributed by atoms with Crippen molar-refractivity contribution in [3.05, 3.63) is 102 Å². The van der Waals surface area contributed by atoms with Crippen LogP contribution in [0.4, 0.5) is 5.69 Å². The molecule has 6 unspecified atom stereocenters. The van der Waals surface area contributed by atoms with Crippen molar-refractivity contribution in [3.63, 3.8) is 0 Å². The number of fused-ring (bicyclic) bond motifs is 2. The maximum Gasteiger partial charge on any atom is 0.0800 e. The van der Waals surface area contributed by atoms with E-state index in [0.717, 1.165) is 25.7 Å². The van der Waals surface area contributed by atoms with Gasteiger partial charge in [-0.2, -0.15) is 5.26 Å². The van der Waals surface area contributed by atoms with Crippen molar-refractivity contribution >= 4 is 11.9 Å². The van der Waals surface area contributed by atoms with Gasteiger partial charge in [-0.05, 0) is 81.2 Å². The minimum absolute atomic E-state index is 0.0288. The fourth-order valence-corrected chi connectivity index (χ4v) is 8.65. The molecule has 210 valence electrons. The van der Waals surface area contributed by atoms with Crippen molar-refractivity contribution in [2.45, 2.75) is 82.0 Å². The number of benzene rings is 1. The van der Waals surface area contributed by atoms with Crippen LogP contribution in [0.25, 0.3) is 0 Å². The molecular weight excluding hydrogens is 500 g/mol. The van der Waals surface area contributed by atoms with E-state index in [1.165, 1.54) is 48.2 Å². The maximum absolute atomic E-state index is 9.73. The average molecular weight is 543 g/mol. The van der Waals surface area contributed by atoms with Crippen LogP contribution >= 0.6 is 0 Å². The zero-order valence-electron chi connectivity index (χ0n) is 24.3. The Morgan fingerprint density at radius 2 is 1.85 bits per heavy atom. The van der Waals surface area contributed by atoms with Gasteiger partial charge in [0, 0.05) is 17.0 Å². The number of anilines is 1. The molecule has 2 heterocycles. The molecule has 0 bridgehead atoms. The molecule has 1 saturated carbocycles. The summed E-state index contributed by atoms with van der Waals surface area (Å²) >= 11 is 0. The fourth-order valence-electron chi connectivity index (χ4n) is 8.65. The van der Waals surface area contributed by atoms with Gasteiger partial charge in [-0.15, -0.1) is 0 Å². The summed E-state index contributed by atoms with van der Waals surface area (Å²) in [5, 5.41) is 9.73. The van der Waals surface area contributed by atoms with Crippen LogP contribution in [0.5, 0.6) is 0 Å². The molecule has 4 aliphatic carbocycles. The number of para-hydroxylation sites is 1. The molecule has 7 rings (SSSR count). The minimum Gasteiger partial charge on any atom is -0.358 e. The predicted molar refractivity (Wildman–Crippen MR) is 169 cm³/mol. The Hall–Kier alpha value is -3.58. The summed E-state index contributed by atoms with van der Waals surface area (Å²) in [5.41, 5.74) is 5.52. The first-order chi connectivity index (χ1) is 20.2. The molecule has 1 saturated heterocycles. The molecule has 0 N–H and O–H groups in total. The lowest BCUT2D eigenvalue weighted by Gasteiger charge is -2.64. The van der Waals surface area contributed by atoms with Crippen molar-refractivity contribution in [1.82, 2.24) is 4.90 Å². The number of piperazine rings is 1. The Morgan fingerprint density at radius 1 is 1.00 bits per heavy atom. The van der Waals surface area contributed by atoms with Crippen LogP contribution in [0.15, 0.2) is 107 Å². The first-order valence-corrected chi connectivity index (χ1v) is 15.8. The Labute approximate surface area is 245 Å². The van der Waals surface area contributed by atoms with Crippen LogP contribution in [0.3, 0.4) is 0 Å². The smallest absolute Gasteiger partial charge is 0.0800 e. The highest BCUT2D eigenvalue weighted by Crippen LogP contribution is 2.49. The van der Waals surface area contributed by atoms with Gasteiger partial charge in [0.05, 0.1) is 42.2 Å². The van der Waals surface area contributed by atoms with Gasteiger partial charge in [0.2, 0.25) is 0 Å². The minimum atomic E-state index is -0.127. The largest absolute Gasteiger partial charge is 0.358 e. The van der Waals surface area contributed by atoms with Gasteiger partial charge in [-0.25, -0.2) is 0 Å². The summed E-state index contributed by atoms with van der Waals surface area (Å²) in [6.45, 7) is 3.13. The third kappa shape index (κ3) is 4.55. The van der Waals surface area contributed by atoms with Crippen molar-refractivity contribution < 1.29 is 0 Å². The molecule has 4 heteroatoms. The number of nitriles is 1. The average Bonchev–Trinajstić information content (AvgIpc) is 3.04. The molecule has 6 aliphatic rings. The van der Waals surface area contributed by atoms with E-state index in [1.807, 2.05) is 6.21 Å². The normalized spacial score (nSPS) is 36.0. The van der Waals surface area contributed by atoms with E-state index >= 15 is 0 Å². The first-order valence-electron chi connectivity index (χ1n) is 15.8. The highest BCUT2D eigenvalue weighted by atomic mass is 15.4. The highest BCUT2D eigenvalue weighted by Gasteiger charge is 2.54. The zero-order chi connectivity index (χ0) is 27.8. The van der Waals surface area contributed by atoms with Gasteiger partial charge in [0.1, 0.15) is 0 Å². The molecule has 0 amide bonds. The third-order valence-corrected chi connectivity index (χ3v) is 10.6. The Kier molecular flexibility index (Phi) is 7.07. The Morgan fingerprint density at radius 3 is 2.66 bits per heavy atom. The number of hydrogen-bond donors (Lipinski definition) is 0. The second-order valence-electron chi connectivity index (χ2n) is 12.8. The summed E-state index contributed by atoms with van der Waals surface area (Å²) in [4.78, 5) is 10.1. The molecule has 2 aliphatic heterocycles. The van der Waals surface area contributed by atoms with E-state index in [4.69, 9.17) is 0 Å². The first kappa shape index (κ1) is 26.3. The SMILES string of the molecule is CC12C=CC=C[C@@H]1N(c1ccccc1)C1CCCCC1N2C1=C(C2=CCC(C3CC=NCC3C#N)C=C2)C=CCC1. The third-order valence-electron chi connectivity index (χ3n) is 10.6. The summed E-state index contributed by atoms with van der Waals surface area (Å²) in [6, 6.07) is 14.9. The van der Waals surface area contributed by atoms with Crippen LogP contribution < -0.4 is 4.90 Å². The lowest BCUT2D eigenvalue weighted by atomic mass is 9.72. The van der Waals surface area contributed by atoms with Crippen molar-refractivity contribution in [1.29, 1.82) is 5.26 Å². The van der Waals surface area contributed by atoms with Crippen molar-refractivity contribution in [3.8, 4) is 6.07 Å². The standard InChI is InChI=1S/C37H42N4/c1-37-23-10-9-17-36(37)40(30-11-3-2-4-12-30)34-15-7-8-16-35(34)41(37)33-14-6-5-13-32(33)28-20-18-27(19-21-28)31-22-24-39-26-29(31)25-38/h2-5,9-13,17-18,20-21,23-24,27,29,31,34-36H,6-8,14-16,19,22,26H2,1H3/t27?,29?,31?,34?,35?,36-,37?/m0/s1. The van der Waals surface area contributed by atoms with Gasteiger partial charge >= 0.3 is 0 Å². The Balaban J connectivity index is 1.27. The lowest BCUT2D eigenvalue weighted by Crippen LogP contribution is -2.73. The van der Waals surface area contributed by atoms with Crippen LogP contribution in [0, 0.1) is 29.1 Å². The fraction of sp³-hybridized carbons (Fsp3) is 0.459. The summed E-state index contributed by atoms with van der Waals surface area (Å²) in [6.07, 6.45) is 32.7. The van der Waals surface area contributed by atoms with E-state index in [-0.39, 0.29) is 17.5 Å². The van der Waals surface area contributed by atoms with Gasteiger partial charge in [-0.3, -0.25) is 4.99 Å². The molecular formula is C37H42N4. The van der Waals surface area contributed by atoms with Crippen LogP contribution in [0.2, 0.25) is 0 Å². The number of hydrogen-bond acceptors (Lipinski definition) is 4. The van der Waals surface area contributed by atoms with E-state index in [9.17, 15) is 5.26 Å². The van der Waals surface area contributed by atoms with E-state index in [1.54, 1.807) is 0 Å². The molecule has 1 aromatic carbocycles. The molecule has 2 fully saturated rings. The molecule has 7 atom stereocenters. The molecule has 4 nitrogen and oxygen atoms in total. The Bertz CT molecular complexity index is 1400. The van der Waals surface area contributed by atoms with Gasteiger partial charge in [0.15, 0.2) is 0 Å². The second kappa shape index (κ2) is 11.0. The van der Waals surface area contributed by atoms with Crippen molar-refractivity contribution in [2.75, 3.05) is 11.4 Å². The summed E-state index contributed by atoms with van der Waals surface area (Å²) in [7, 11) is 0. The zero-order valence-corrected chi connectivity index (χ0v) is 24.3. The van der Waals surface area contributed by atoms with Crippen molar-refractivity contribution in [2.24, 2.45) is 22.7 Å². The molecule has 1 aromatic rings. The van der Waals surface area contributed by atoms with Crippen LogP contribution in [-0.4, -0.2) is 41.3 Å². The topological polar surface area (TPSA) is 42.6 Å².